The number of nitrogens with zero attached hydrogens (tertiary/aromatic N) is 5. The number of halogens is 1. The zero-order valence-corrected chi connectivity index (χ0v) is 15.2. The summed E-state index contributed by atoms with van der Waals surface area (Å²) in [6.07, 6.45) is 0.884. The highest BCUT2D eigenvalue weighted by Gasteiger charge is 2.21. The molecule has 0 aliphatic carbocycles. The summed E-state index contributed by atoms with van der Waals surface area (Å²) in [7, 11) is 2.07. The first kappa shape index (κ1) is 16.8. The van der Waals surface area contributed by atoms with Crippen molar-refractivity contribution in [2.24, 2.45) is 0 Å². The van der Waals surface area contributed by atoms with E-state index in [1.54, 1.807) is 19.1 Å². The van der Waals surface area contributed by atoms with E-state index < -0.39 is 5.91 Å². The van der Waals surface area contributed by atoms with Crippen molar-refractivity contribution in [3.63, 3.8) is 0 Å². The average molecular weight is 372 g/mol. The number of nitrogens with one attached hydrogen (secondary N) is 1. The SMILES string of the molecule is Cc1nc(C(=O)Nc2nc3c(s2)CN(C)CC3)nn1-c1ccc(F)cc1. The maximum Gasteiger partial charge on any atom is 0.297 e. The molecule has 1 N–H and O–H groups in total. The number of aryl methyl sites for hydroxylation is 1. The number of rotatable bonds is 3. The fourth-order valence-electron chi connectivity index (χ4n) is 2.84. The van der Waals surface area contributed by atoms with Gasteiger partial charge in [0.05, 0.1) is 11.4 Å². The number of carbonyl (C=O) groups is 1. The molecule has 0 fully saturated rings. The molecule has 0 bridgehead atoms. The number of hydrogen-bond donors (Lipinski definition) is 1. The molecule has 0 spiro atoms. The molecule has 1 aliphatic rings. The number of benzene rings is 1. The van der Waals surface area contributed by atoms with E-state index in [1.165, 1.54) is 33.0 Å². The van der Waals surface area contributed by atoms with Gasteiger partial charge in [-0.3, -0.25) is 10.1 Å². The van der Waals surface area contributed by atoms with Crippen molar-refractivity contribution in [3.05, 3.63) is 52.3 Å². The van der Waals surface area contributed by atoms with Crippen LogP contribution >= 0.6 is 11.3 Å². The lowest BCUT2D eigenvalue weighted by molar-refractivity contribution is 0.101. The van der Waals surface area contributed by atoms with E-state index in [-0.39, 0.29) is 11.6 Å². The maximum absolute atomic E-state index is 13.1. The Bertz CT molecular complexity index is 964. The van der Waals surface area contributed by atoms with Crippen LogP contribution in [-0.4, -0.2) is 44.1 Å². The van der Waals surface area contributed by atoms with Crippen LogP contribution < -0.4 is 5.32 Å². The van der Waals surface area contributed by atoms with Crippen LogP contribution in [0.1, 0.15) is 27.0 Å². The minimum Gasteiger partial charge on any atom is -0.301 e. The number of carbonyl (C=O) groups excluding carboxylic acids is 1. The van der Waals surface area contributed by atoms with Gasteiger partial charge in [0, 0.05) is 24.4 Å². The predicted molar refractivity (Wildman–Crippen MR) is 96.2 cm³/mol. The Balaban J connectivity index is 1.54. The Morgan fingerprint density at radius 2 is 2.04 bits per heavy atom. The normalized spacial score (nSPS) is 14.3. The Labute approximate surface area is 153 Å². The van der Waals surface area contributed by atoms with E-state index in [1.807, 2.05) is 0 Å². The molecule has 134 valence electrons. The molecule has 0 unspecified atom stereocenters. The third-order valence-corrected chi connectivity index (χ3v) is 5.18. The molecule has 0 saturated heterocycles. The molecule has 0 radical (unpaired) electrons. The van der Waals surface area contributed by atoms with Crippen LogP contribution in [0.2, 0.25) is 0 Å². The second-order valence-electron chi connectivity index (χ2n) is 6.20. The summed E-state index contributed by atoms with van der Waals surface area (Å²) < 4.78 is 14.6. The molecule has 0 saturated carbocycles. The van der Waals surface area contributed by atoms with E-state index in [9.17, 15) is 9.18 Å². The highest BCUT2D eigenvalue weighted by molar-refractivity contribution is 7.15. The summed E-state index contributed by atoms with van der Waals surface area (Å²) in [6, 6.07) is 5.86. The average Bonchev–Trinajstić information content (AvgIpc) is 3.18. The maximum atomic E-state index is 13.1. The first-order valence-corrected chi connectivity index (χ1v) is 8.99. The Kier molecular flexibility index (Phi) is 4.25. The summed E-state index contributed by atoms with van der Waals surface area (Å²) in [4.78, 5) is 24.6. The molecule has 3 heterocycles. The molecule has 26 heavy (non-hydrogen) atoms. The summed E-state index contributed by atoms with van der Waals surface area (Å²) in [5.41, 5.74) is 1.69. The van der Waals surface area contributed by atoms with Crippen molar-refractivity contribution in [2.45, 2.75) is 19.9 Å². The fraction of sp³-hybridized carbons (Fsp3) is 0.294. The number of aromatic nitrogens is 4. The van der Waals surface area contributed by atoms with Crippen molar-refractivity contribution in [1.82, 2.24) is 24.6 Å². The van der Waals surface area contributed by atoms with Crippen LogP contribution in [0.15, 0.2) is 24.3 Å². The summed E-state index contributed by atoms with van der Waals surface area (Å²) in [5, 5.41) is 7.58. The number of thiazole rings is 1. The molecular weight excluding hydrogens is 355 g/mol. The van der Waals surface area contributed by atoms with Gasteiger partial charge in [-0.1, -0.05) is 0 Å². The Hall–Kier alpha value is -2.65. The molecule has 0 atom stereocenters. The highest BCUT2D eigenvalue weighted by atomic mass is 32.1. The number of anilines is 1. The second kappa shape index (κ2) is 6.58. The zero-order chi connectivity index (χ0) is 18.3. The van der Waals surface area contributed by atoms with Gasteiger partial charge in [-0.25, -0.2) is 19.0 Å². The third-order valence-electron chi connectivity index (χ3n) is 4.19. The smallest absolute Gasteiger partial charge is 0.297 e. The molecule has 1 aromatic carbocycles. The van der Waals surface area contributed by atoms with Gasteiger partial charge >= 0.3 is 0 Å². The van der Waals surface area contributed by atoms with E-state index >= 15 is 0 Å². The first-order valence-electron chi connectivity index (χ1n) is 8.17. The van der Waals surface area contributed by atoms with Crippen molar-refractivity contribution in [1.29, 1.82) is 0 Å². The molecule has 7 nitrogen and oxygen atoms in total. The van der Waals surface area contributed by atoms with Crippen molar-refractivity contribution in [3.8, 4) is 5.69 Å². The van der Waals surface area contributed by atoms with Gasteiger partial charge in [0.1, 0.15) is 11.6 Å². The van der Waals surface area contributed by atoms with Crippen LogP contribution in [0.25, 0.3) is 5.69 Å². The van der Waals surface area contributed by atoms with Crippen LogP contribution in [-0.2, 0) is 13.0 Å². The summed E-state index contributed by atoms with van der Waals surface area (Å²) in [6.45, 7) is 3.55. The van der Waals surface area contributed by atoms with E-state index in [4.69, 9.17) is 0 Å². The van der Waals surface area contributed by atoms with Gasteiger partial charge in [0.15, 0.2) is 5.13 Å². The van der Waals surface area contributed by atoms with Gasteiger partial charge in [-0.2, -0.15) is 0 Å². The Morgan fingerprint density at radius 3 is 2.81 bits per heavy atom. The number of amides is 1. The highest BCUT2D eigenvalue weighted by Crippen LogP contribution is 2.27. The lowest BCUT2D eigenvalue weighted by Crippen LogP contribution is -2.25. The van der Waals surface area contributed by atoms with Crippen LogP contribution in [0.5, 0.6) is 0 Å². The minimum absolute atomic E-state index is 0.0529. The summed E-state index contributed by atoms with van der Waals surface area (Å²) in [5.74, 6) is -0.143. The van der Waals surface area contributed by atoms with E-state index in [0.717, 1.165) is 25.2 Å². The molecule has 2 aromatic heterocycles. The van der Waals surface area contributed by atoms with Crippen LogP contribution in [0, 0.1) is 12.7 Å². The molecular formula is C17H17FN6OS. The minimum atomic E-state index is -0.409. The van der Waals surface area contributed by atoms with Gasteiger partial charge in [0.2, 0.25) is 5.82 Å². The monoisotopic (exact) mass is 372 g/mol. The van der Waals surface area contributed by atoms with E-state index in [2.05, 4.69) is 32.3 Å². The van der Waals surface area contributed by atoms with Crippen LogP contribution in [0.3, 0.4) is 0 Å². The fourth-order valence-corrected chi connectivity index (χ4v) is 3.93. The van der Waals surface area contributed by atoms with Crippen molar-refractivity contribution < 1.29 is 9.18 Å². The topological polar surface area (TPSA) is 75.9 Å². The van der Waals surface area contributed by atoms with Gasteiger partial charge < -0.3 is 4.90 Å². The quantitative estimate of drug-likeness (QED) is 0.764. The molecule has 1 amide bonds. The molecule has 3 aromatic rings. The second-order valence-corrected chi connectivity index (χ2v) is 7.29. The van der Waals surface area contributed by atoms with Crippen LogP contribution in [0.4, 0.5) is 9.52 Å². The largest absolute Gasteiger partial charge is 0.301 e. The molecule has 4 rings (SSSR count). The lowest BCUT2D eigenvalue weighted by Gasteiger charge is -2.20. The lowest BCUT2D eigenvalue weighted by atomic mass is 10.2. The number of hydrogen-bond acceptors (Lipinski definition) is 6. The van der Waals surface area contributed by atoms with Crippen molar-refractivity contribution in [2.75, 3.05) is 18.9 Å². The van der Waals surface area contributed by atoms with Gasteiger partial charge in [0.25, 0.3) is 5.91 Å². The number of likely N-dealkylation sites (N-methyl/N-ethyl adjacent to an activating group) is 1. The Morgan fingerprint density at radius 1 is 1.27 bits per heavy atom. The van der Waals surface area contributed by atoms with Gasteiger partial charge in [-0.05, 0) is 38.2 Å². The van der Waals surface area contributed by atoms with E-state index in [0.29, 0.717) is 16.6 Å². The summed E-state index contributed by atoms with van der Waals surface area (Å²) >= 11 is 1.48. The van der Waals surface area contributed by atoms with Crippen molar-refractivity contribution >= 4 is 22.4 Å². The molecule has 1 aliphatic heterocycles. The first-order chi connectivity index (χ1) is 12.5. The molecule has 9 heteroatoms. The standard InChI is InChI=1S/C17H17FN6OS/c1-10-19-15(22-24(10)12-5-3-11(18)4-6-12)16(25)21-17-20-13-7-8-23(2)9-14(13)26-17/h3-6H,7-9H2,1-2H3,(H,20,21,25). The third kappa shape index (κ3) is 3.23. The predicted octanol–water partition coefficient (Wildman–Crippen LogP) is 2.41. The zero-order valence-electron chi connectivity index (χ0n) is 14.4. The number of fused-ring (bicyclic) bond motifs is 1. The van der Waals surface area contributed by atoms with Gasteiger partial charge in [-0.15, -0.1) is 16.4 Å².